The summed E-state index contributed by atoms with van der Waals surface area (Å²) < 4.78 is 5.30. The van der Waals surface area contributed by atoms with E-state index in [0.717, 1.165) is 31.2 Å². The maximum Gasteiger partial charge on any atom is 0.407 e. The van der Waals surface area contributed by atoms with E-state index in [1.165, 1.54) is 19.3 Å². The zero-order valence-corrected chi connectivity index (χ0v) is 27.2. The van der Waals surface area contributed by atoms with E-state index in [0.29, 0.717) is 43.5 Å². The molecular weight excluding hydrogens is 554 g/mol. The zero-order chi connectivity index (χ0) is 31.0. The van der Waals surface area contributed by atoms with Gasteiger partial charge in [-0.15, -0.1) is 0 Å². The van der Waals surface area contributed by atoms with E-state index in [2.05, 4.69) is 21.4 Å². The Labute approximate surface area is 257 Å². The largest absolute Gasteiger partial charge is 0.444 e. The second-order valence-corrected chi connectivity index (χ2v) is 14.4. The number of benzene rings is 1. The topological polar surface area (TPSA) is 112 Å². The van der Waals surface area contributed by atoms with Crippen molar-refractivity contribution in [1.29, 1.82) is 0 Å². The van der Waals surface area contributed by atoms with E-state index in [1.54, 1.807) is 0 Å². The van der Waals surface area contributed by atoms with E-state index in [4.69, 9.17) is 16.3 Å². The Morgan fingerprint density at radius 3 is 2.17 bits per heavy atom. The molecule has 1 aliphatic heterocycles. The molecule has 3 amide bonds. The molecule has 0 bridgehead atoms. The van der Waals surface area contributed by atoms with Crippen LogP contribution in [0.4, 0.5) is 4.79 Å². The molecule has 1 aromatic rings. The molecule has 1 aromatic carbocycles. The SMILES string of the molecule is CC(C)(C)NC(=O)C1(C2CCCCC2)CCN(NC(=O)[C@@H](Cc2ccc(Cl)cc2)NCCNC(=O)OC(C)(C)C)CC1. The van der Waals surface area contributed by atoms with Crippen LogP contribution in [0.25, 0.3) is 0 Å². The van der Waals surface area contributed by atoms with Gasteiger partial charge in [-0.2, -0.15) is 0 Å². The molecule has 9 nitrogen and oxygen atoms in total. The van der Waals surface area contributed by atoms with Gasteiger partial charge in [0.05, 0.1) is 11.5 Å². The fourth-order valence-corrected chi connectivity index (χ4v) is 6.16. The van der Waals surface area contributed by atoms with Crippen molar-refractivity contribution in [3.63, 3.8) is 0 Å². The second-order valence-electron chi connectivity index (χ2n) is 13.9. The van der Waals surface area contributed by atoms with Gasteiger partial charge in [0.15, 0.2) is 0 Å². The van der Waals surface area contributed by atoms with Gasteiger partial charge in [-0.1, -0.05) is 43.0 Å². The molecule has 42 heavy (non-hydrogen) atoms. The molecule has 4 N–H and O–H groups in total. The standard InChI is InChI=1S/C32H52ClN5O4/c1-30(2,3)36-28(40)32(24-10-8-7-9-11-24)16-20-38(21-17-32)37-27(39)26(22-23-12-14-25(33)15-13-23)34-18-19-35-29(41)42-31(4,5)6/h12-15,24,26,34H,7-11,16-22H2,1-6H3,(H,35,41)(H,36,40)(H,37,39)/t26-/m1/s1. The number of hydrogen-bond acceptors (Lipinski definition) is 6. The first kappa shape index (κ1) is 34.1. The van der Waals surface area contributed by atoms with Crippen LogP contribution < -0.4 is 21.4 Å². The van der Waals surface area contributed by atoms with E-state index in [9.17, 15) is 14.4 Å². The maximum atomic E-state index is 13.7. The molecular formula is C32H52ClN5O4. The Morgan fingerprint density at radius 1 is 0.976 bits per heavy atom. The average molecular weight is 606 g/mol. The maximum absolute atomic E-state index is 13.7. The van der Waals surface area contributed by atoms with Gasteiger partial charge < -0.3 is 20.7 Å². The summed E-state index contributed by atoms with van der Waals surface area (Å²) in [5.41, 5.74) is 2.83. The van der Waals surface area contributed by atoms with Crippen molar-refractivity contribution in [2.45, 2.75) is 110 Å². The molecule has 1 saturated carbocycles. The predicted octanol–water partition coefficient (Wildman–Crippen LogP) is 4.97. The highest BCUT2D eigenvalue weighted by atomic mass is 35.5. The monoisotopic (exact) mass is 605 g/mol. The smallest absolute Gasteiger partial charge is 0.407 e. The van der Waals surface area contributed by atoms with E-state index < -0.39 is 23.2 Å². The Kier molecular flexibility index (Phi) is 12.1. The Hall–Kier alpha value is -2.36. The van der Waals surface area contributed by atoms with Crippen LogP contribution in [0.2, 0.25) is 5.02 Å². The fraction of sp³-hybridized carbons (Fsp3) is 0.719. The van der Waals surface area contributed by atoms with Crippen LogP contribution in [-0.2, 0) is 20.7 Å². The predicted molar refractivity (Wildman–Crippen MR) is 167 cm³/mol. The molecule has 10 heteroatoms. The lowest BCUT2D eigenvalue weighted by Gasteiger charge is -2.47. The molecule has 2 aliphatic rings. The van der Waals surface area contributed by atoms with E-state index >= 15 is 0 Å². The number of piperidine rings is 1. The summed E-state index contributed by atoms with van der Waals surface area (Å²) >= 11 is 6.07. The highest BCUT2D eigenvalue weighted by Gasteiger charge is 2.48. The summed E-state index contributed by atoms with van der Waals surface area (Å²) in [5, 5.41) is 11.9. The number of alkyl carbamates (subject to hydrolysis) is 1. The zero-order valence-electron chi connectivity index (χ0n) is 26.4. The number of rotatable bonds is 10. The third-order valence-electron chi connectivity index (χ3n) is 8.10. The van der Waals surface area contributed by atoms with Crippen LogP contribution in [0.1, 0.15) is 92.1 Å². The normalized spacial score (nSPS) is 19.0. The first-order valence-electron chi connectivity index (χ1n) is 15.5. The summed E-state index contributed by atoms with van der Waals surface area (Å²) in [6, 6.07) is 6.93. The number of hydrogen-bond donors (Lipinski definition) is 4. The van der Waals surface area contributed by atoms with Gasteiger partial charge in [-0.3, -0.25) is 15.0 Å². The van der Waals surface area contributed by atoms with Crippen molar-refractivity contribution in [2.75, 3.05) is 26.2 Å². The first-order chi connectivity index (χ1) is 19.7. The van der Waals surface area contributed by atoms with Crippen LogP contribution in [-0.4, -0.2) is 66.3 Å². The van der Waals surface area contributed by atoms with Crippen molar-refractivity contribution in [3.8, 4) is 0 Å². The van der Waals surface area contributed by atoms with E-state index in [-0.39, 0.29) is 17.4 Å². The highest BCUT2D eigenvalue weighted by Crippen LogP contribution is 2.46. The van der Waals surface area contributed by atoms with Crippen molar-refractivity contribution in [3.05, 3.63) is 34.9 Å². The highest BCUT2D eigenvalue weighted by molar-refractivity contribution is 6.30. The minimum Gasteiger partial charge on any atom is -0.444 e. The minimum atomic E-state index is -0.578. The molecule has 3 rings (SSSR count). The van der Waals surface area contributed by atoms with Crippen LogP contribution in [0.5, 0.6) is 0 Å². The molecule has 0 unspecified atom stereocenters. The van der Waals surface area contributed by atoms with Crippen molar-refractivity contribution >= 4 is 29.5 Å². The van der Waals surface area contributed by atoms with Gasteiger partial charge in [-0.25, -0.2) is 9.80 Å². The molecule has 1 atom stereocenters. The van der Waals surface area contributed by atoms with Crippen LogP contribution in [0.15, 0.2) is 24.3 Å². The molecule has 0 spiro atoms. The Balaban J connectivity index is 1.63. The number of hydrazine groups is 1. The average Bonchev–Trinajstić information content (AvgIpc) is 2.90. The molecule has 1 aliphatic carbocycles. The molecule has 1 saturated heterocycles. The van der Waals surface area contributed by atoms with Gasteiger partial charge in [0.1, 0.15) is 5.60 Å². The van der Waals surface area contributed by atoms with Crippen molar-refractivity contribution < 1.29 is 19.1 Å². The second kappa shape index (κ2) is 14.9. The summed E-state index contributed by atoms with van der Waals surface area (Å²) in [6.07, 6.45) is 7.18. The Morgan fingerprint density at radius 2 is 1.60 bits per heavy atom. The molecule has 1 heterocycles. The Bertz CT molecular complexity index is 1040. The number of nitrogens with one attached hydrogen (secondary N) is 4. The summed E-state index contributed by atoms with van der Waals surface area (Å²) in [5.74, 6) is 0.391. The van der Waals surface area contributed by atoms with Crippen molar-refractivity contribution in [1.82, 2.24) is 26.4 Å². The lowest BCUT2D eigenvalue weighted by Crippen LogP contribution is -2.60. The van der Waals surface area contributed by atoms with Gasteiger partial charge in [0.2, 0.25) is 5.91 Å². The van der Waals surface area contributed by atoms with Gasteiger partial charge in [0, 0.05) is 36.7 Å². The first-order valence-corrected chi connectivity index (χ1v) is 15.9. The number of ether oxygens (including phenoxy) is 1. The fourth-order valence-electron chi connectivity index (χ4n) is 6.03. The lowest BCUT2D eigenvalue weighted by atomic mass is 9.63. The minimum absolute atomic E-state index is 0.147. The van der Waals surface area contributed by atoms with Gasteiger partial charge in [-0.05, 0) is 97.3 Å². The van der Waals surface area contributed by atoms with Crippen molar-refractivity contribution in [2.24, 2.45) is 11.3 Å². The summed E-state index contributed by atoms with van der Waals surface area (Å²) in [4.78, 5) is 39.3. The van der Waals surface area contributed by atoms with Crippen LogP contribution in [0, 0.1) is 11.3 Å². The quantitative estimate of drug-likeness (QED) is 0.280. The summed E-state index contributed by atoms with van der Waals surface area (Å²) in [7, 11) is 0. The van der Waals surface area contributed by atoms with Crippen LogP contribution >= 0.6 is 11.6 Å². The molecule has 0 aromatic heterocycles. The number of carbonyl (C=O) groups excluding carboxylic acids is 3. The van der Waals surface area contributed by atoms with Gasteiger partial charge in [0.25, 0.3) is 5.91 Å². The number of amides is 3. The third-order valence-corrected chi connectivity index (χ3v) is 8.36. The summed E-state index contributed by atoms with van der Waals surface area (Å²) in [6.45, 7) is 13.5. The number of carbonyl (C=O) groups is 3. The molecule has 236 valence electrons. The van der Waals surface area contributed by atoms with Crippen LogP contribution in [0.3, 0.4) is 0 Å². The number of nitrogens with zero attached hydrogens (tertiary/aromatic N) is 1. The van der Waals surface area contributed by atoms with Gasteiger partial charge >= 0.3 is 6.09 Å². The van der Waals surface area contributed by atoms with E-state index in [1.807, 2.05) is 70.8 Å². The molecule has 0 radical (unpaired) electrons. The third kappa shape index (κ3) is 10.7. The number of halogens is 1. The lowest BCUT2D eigenvalue weighted by molar-refractivity contribution is -0.143. The molecule has 2 fully saturated rings.